The second-order valence-electron chi connectivity index (χ2n) is 6.72. The number of aryl methyl sites for hydroxylation is 2. The van der Waals surface area contributed by atoms with Gasteiger partial charge in [0.2, 0.25) is 5.88 Å². The van der Waals surface area contributed by atoms with Crippen molar-refractivity contribution in [2.45, 2.75) is 40.7 Å². The molecule has 0 fully saturated rings. The van der Waals surface area contributed by atoms with Gasteiger partial charge in [0.15, 0.2) is 11.3 Å². The van der Waals surface area contributed by atoms with Crippen LogP contribution in [0, 0.1) is 12.8 Å². The third kappa shape index (κ3) is 2.59. The van der Waals surface area contributed by atoms with Crippen molar-refractivity contribution in [2.75, 3.05) is 6.61 Å². The first-order valence-electron chi connectivity index (χ1n) is 8.72. The standard InChI is InChI=1S/C18H22N6O/c1-5-23-17-13(10-20-23)16-14(9-19-17)18(25-7-6-11(2)3)21-15-8-12(4)22-24(15)16/h8-11H,5-7H2,1-4H3. The largest absolute Gasteiger partial charge is 0.477 e. The van der Waals surface area contributed by atoms with Gasteiger partial charge in [0.1, 0.15) is 0 Å². The van der Waals surface area contributed by atoms with E-state index in [-0.39, 0.29) is 0 Å². The van der Waals surface area contributed by atoms with Crippen molar-refractivity contribution in [3.8, 4) is 5.88 Å². The molecule has 0 aliphatic carbocycles. The number of aromatic nitrogens is 6. The average Bonchev–Trinajstić information content (AvgIpc) is 3.16. The highest BCUT2D eigenvalue weighted by Crippen LogP contribution is 2.30. The van der Waals surface area contributed by atoms with Crippen LogP contribution in [-0.4, -0.2) is 36.0 Å². The van der Waals surface area contributed by atoms with Gasteiger partial charge in [0.05, 0.1) is 34.8 Å². The van der Waals surface area contributed by atoms with E-state index >= 15 is 0 Å². The van der Waals surface area contributed by atoms with Gasteiger partial charge >= 0.3 is 0 Å². The maximum atomic E-state index is 6.01. The molecule has 0 spiro atoms. The molecule has 0 aliphatic heterocycles. The van der Waals surface area contributed by atoms with E-state index in [0.29, 0.717) is 18.4 Å². The van der Waals surface area contributed by atoms with E-state index in [4.69, 9.17) is 4.74 Å². The zero-order chi connectivity index (χ0) is 17.6. The number of fused-ring (bicyclic) bond motifs is 5. The molecule has 0 amide bonds. The van der Waals surface area contributed by atoms with Crippen molar-refractivity contribution in [1.29, 1.82) is 0 Å². The fourth-order valence-electron chi connectivity index (χ4n) is 3.03. The first-order valence-corrected chi connectivity index (χ1v) is 8.72. The fraction of sp³-hybridized carbons (Fsp3) is 0.444. The molecular weight excluding hydrogens is 316 g/mol. The quantitative estimate of drug-likeness (QED) is 0.558. The van der Waals surface area contributed by atoms with E-state index in [0.717, 1.165) is 46.2 Å². The van der Waals surface area contributed by atoms with Gasteiger partial charge in [-0.3, -0.25) is 0 Å². The summed E-state index contributed by atoms with van der Waals surface area (Å²) < 4.78 is 9.76. The Labute approximate surface area is 145 Å². The highest BCUT2D eigenvalue weighted by molar-refractivity contribution is 6.04. The highest BCUT2D eigenvalue weighted by atomic mass is 16.5. The summed E-state index contributed by atoms with van der Waals surface area (Å²) in [5.41, 5.74) is 3.49. The zero-order valence-electron chi connectivity index (χ0n) is 15.0. The summed E-state index contributed by atoms with van der Waals surface area (Å²) in [6.07, 6.45) is 4.65. The number of pyridine rings is 1. The lowest BCUT2D eigenvalue weighted by atomic mass is 10.1. The summed E-state index contributed by atoms with van der Waals surface area (Å²) in [5, 5.41) is 10.9. The Morgan fingerprint density at radius 1 is 1.20 bits per heavy atom. The number of nitrogens with zero attached hydrogens (tertiary/aromatic N) is 6. The Kier molecular flexibility index (Phi) is 3.78. The van der Waals surface area contributed by atoms with Crippen molar-refractivity contribution in [1.82, 2.24) is 29.4 Å². The minimum Gasteiger partial charge on any atom is -0.477 e. The van der Waals surface area contributed by atoms with E-state index in [1.807, 2.05) is 34.6 Å². The third-order valence-corrected chi connectivity index (χ3v) is 4.34. The van der Waals surface area contributed by atoms with Crippen LogP contribution >= 0.6 is 0 Å². The summed E-state index contributed by atoms with van der Waals surface area (Å²) in [7, 11) is 0. The summed E-state index contributed by atoms with van der Waals surface area (Å²) in [4.78, 5) is 9.26. The summed E-state index contributed by atoms with van der Waals surface area (Å²) in [5.74, 6) is 1.20. The molecule has 7 heteroatoms. The van der Waals surface area contributed by atoms with Crippen LogP contribution in [0.4, 0.5) is 0 Å². The second-order valence-corrected chi connectivity index (χ2v) is 6.72. The average molecular weight is 338 g/mol. The normalized spacial score (nSPS) is 12.0. The van der Waals surface area contributed by atoms with E-state index in [9.17, 15) is 0 Å². The SMILES string of the molecule is CCn1ncc2c1ncc1c(OCCC(C)C)nc3cc(C)nn3c12. The predicted molar refractivity (Wildman–Crippen MR) is 96.9 cm³/mol. The van der Waals surface area contributed by atoms with Crippen LogP contribution in [0.2, 0.25) is 0 Å². The number of ether oxygens (including phenoxy) is 1. The third-order valence-electron chi connectivity index (χ3n) is 4.34. The highest BCUT2D eigenvalue weighted by Gasteiger charge is 2.17. The summed E-state index contributed by atoms with van der Waals surface area (Å²) in [6.45, 7) is 9.79. The minimum atomic E-state index is 0.583. The lowest BCUT2D eigenvalue weighted by molar-refractivity contribution is 0.283. The molecule has 4 heterocycles. The molecule has 0 N–H and O–H groups in total. The van der Waals surface area contributed by atoms with Gasteiger partial charge in [-0.25, -0.2) is 14.2 Å². The molecule has 4 rings (SSSR count). The Morgan fingerprint density at radius 3 is 2.80 bits per heavy atom. The summed E-state index contributed by atoms with van der Waals surface area (Å²) in [6, 6.07) is 1.96. The monoisotopic (exact) mass is 338 g/mol. The number of rotatable bonds is 5. The Morgan fingerprint density at radius 2 is 2.04 bits per heavy atom. The van der Waals surface area contributed by atoms with Gasteiger partial charge in [0, 0.05) is 18.8 Å². The Hall–Kier alpha value is -2.70. The van der Waals surface area contributed by atoms with E-state index in [1.54, 1.807) is 0 Å². The van der Waals surface area contributed by atoms with Gasteiger partial charge < -0.3 is 4.74 Å². The molecule has 4 aromatic rings. The predicted octanol–water partition coefficient (Wildman–Crippen LogP) is 3.38. The van der Waals surface area contributed by atoms with Crippen LogP contribution in [0.1, 0.15) is 32.9 Å². The van der Waals surface area contributed by atoms with Crippen LogP contribution in [0.5, 0.6) is 5.88 Å². The number of hydrogen-bond donors (Lipinski definition) is 0. The number of hydrogen-bond acceptors (Lipinski definition) is 5. The Bertz CT molecular complexity index is 1060. The van der Waals surface area contributed by atoms with Crippen molar-refractivity contribution < 1.29 is 4.74 Å². The fourth-order valence-corrected chi connectivity index (χ4v) is 3.03. The molecule has 4 aromatic heterocycles. The van der Waals surface area contributed by atoms with Crippen molar-refractivity contribution in [3.63, 3.8) is 0 Å². The molecule has 0 atom stereocenters. The van der Waals surface area contributed by atoms with Gasteiger partial charge in [0.25, 0.3) is 0 Å². The maximum Gasteiger partial charge on any atom is 0.226 e. The van der Waals surface area contributed by atoms with Gasteiger partial charge in [-0.1, -0.05) is 13.8 Å². The molecule has 0 unspecified atom stereocenters. The molecule has 130 valence electrons. The summed E-state index contributed by atoms with van der Waals surface area (Å²) >= 11 is 0. The first kappa shape index (κ1) is 15.8. The van der Waals surface area contributed by atoms with Gasteiger partial charge in [-0.15, -0.1) is 0 Å². The zero-order valence-corrected chi connectivity index (χ0v) is 15.0. The molecule has 0 bridgehead atoms. The topological polar surface area (TPSA) is 70.1 Å². The van der Waals surface area contributed by atoms with E-state index < -0.39 is 0 Å². The van der Waals surface area contributed by atoms with Crippen LogP contribution in [0.15, 0.2) is 18.5 Å². The second kappa shape index (κ2) is 5.98. The van der Waals surface area contributed by atoms with E-state index in [2.05, 4.69) is 40.9 Å². The molecule has 0 saturated heterocycles. The van der Waals surface area contributed by atoms with Gasteiger partial charge in [-0.05, 0) is 26.2 Å². The van der Waals surface area contributed by atoms with Crippen molar-refractivity contribution in [2.24, 2.45) is 5.92 Å². The van der Waals surface area contributed by atoms with Crippen LogP contribution in [-0.2, 0) is 6.54 Å². The molecule has 0 saturated carbocycles. The van der Waals surface area contributed by atoms with Crippen molar-refractivity contribution >= 4 is 27.6 Å². The van der Waals surface area contributed by atoms with Crippen LogP contribution in [0.3, 0.4) is 0 Å². The molecule has 0 aromatic carbocycles. The van der Waals surface area contributed by atoms with Crippen LogP contribution < -0.4 is 4.74 Å². The van der Waals surface area contributed by atoms with E-state index in [1.165, 1.54) is 0 Å². The Balaban J connectivity index is 1.98. The first-order chi connectivity index (χ1) is 12.1. The van der Waals surface area contributed by atoms with Crippen LogP contribution in [0.25, 0.3) is 27.6 Å². The molecule has 7 nitrogen and oxygen atoms in total. The molecule has 25 heavy (non-hydrogen) atoms. The van der Waals surface area contributed by atoms with Crippen molar-refractivity contribution in [3.05, 3.63) is 24.2 Å². The lowest BCUT2D eigenvalue weighted by Crippen LogP contribution is -2.05. The maximum absolute atomic E-state index is 6.01. The molecular formula is C18H22N6O. The molecule has 0 aliphatic rings. The van der Waals surface area contributed by atoms with Gasteiger partial charge in [-0.2, -0.15) is 15.2 Å². The minimum absolute atomic E-state index is 0.583. The smallest absolute Gasteiger partial charge is 0.226 e. The molecule has 0 radical (unpaired) electrons. The lowest BCUT2D eigenvalue weighted by Gasteiger charge is -2.11.